The highest BCUT2D eigenvalue weighted by atomic mass is 35.5. The Balaban J connectivity index is 1.96. The van der Waals surface area contributed by atoms with Crippen LogP contribution < -0.4 is 0 Å². The first-order chi connectivity index (χ1) is 9.83. The fourth-order valence-electron chi connectivity index (χ4n) is 2.83. The molecule has 0 fully saturated rings. The van der Waals surface area contributed by atoms with Gasteiger partial charge in [-0.3, -0.25) is 0 Å². The number of aromatic nitrogens is 1. The predicted molar refractivity (Wildman–Crippen MR) is 79.8 cm³/mol. The van der Waals surface area contributed by atoms with E-state index in [1.807, 2.05) is 24.3 Å². The molecule has 0 saturated heterocycles. The van der Waals surface area contributed by atoms with Crippen LogP contribution in [0.5, 0.6) is 0 Å². The van der Waals surface area contributed by atoms with Crippen molar-refractivity contribution in [1.29, 1.82) is 0 Å². The lowest BCUT2D eigenvalue weighted by Gasteiger charge is -2.15. The van der Waals surface area contributed by atoms with Gasteiger partial charge in [-0.15, -0.1) is 0 Å². The SMILES string of the molecule is Clc1cccc(-c2onc3c2-c2ccccc2CC3)c1. The molecule has 0 atom stereocenters. The Bertz CT molecular complexity index is 791. The molecule has 4 rings (SSSR count). The lowest BCUT2D eigenvalue weighted by molar-refractivity contribution is 0.423. The Hall–Kier alpha value is -2.06. The van der Waals surface area contributed by atoms with Gasteiger partial charge < -0.3 is 4.52 Å². The van der Waals surface area contributed by atoms with Gasteiger partial charge in [0.25, 0.3) is 0 Å². The third kappa shape index (κ3) is 1.76. The highest BCUT2D eigenvalue weighted by molar-refractivity contribution is 6.30. The molecule has 2 nitrogen and oxygen atoms in total. The summed E-state index contributed by atoms with van der Waals surface area (Å²) in [7, 11) is 0. The van der Waals surface area contributed by atoms with E-state index < -0.39 is 0 Å². The molecule has 0 spiro atoms. The molecule has 1 aromatic heterocycles. The molecule has 1 aliphatic carbocycles. The number of benzene rings is 2. The molecule has 0 bridgehead atoms. The van der Waals surface area contributed by atoms with Crippen LogP contribution in [-0.4, -0.2) is 5.16 Å². The number of fused-ring (bicyclic) bond motifs is 3. The maximum atomic E-state index is 6.08. The van der Waals surface area contributed by atoms with E-state index in [1.165, 1.54) is 11.1 Å². The summed E-state index contributed by atoms with van der Waals surface area (Å²) >= 11 is 6.08. The van der Waals surface area contributed by atoms with Crippen molar-refractivity contribution in [3.05, 3.63) is 64.8 Å². The predicted octanol–water partition coefficient (Wildman–Crippen LogP) is 4.76. The number of halogens is 1. The van der Waals surface area contributed by atoms with Crippen molar-refractivity contribution in [3.8, 4) is 22.5 Å². The summed E-state index contributed by atoms with van der Waals surface area (Å²) < 4.78 is 5.61. The highest BCUT2D eigenvalue weighted by Gasteiger charge is 2.24. The van der Waals surface area contributed by atoms with Gasteiger partial charge in [0.2, 0.25) is 0 Å². The fourth-order valence-corrected chi connectivity index (χ4v) is 3.02. The minimum atomic E-state index is 0.705. The largest absolute Gasteiger partial charge is 0.355 e. The molecule has 0 radical (unpaired) electrons. The second-order valence-electron chi connectivity index (χ2n) is 5.00. The van der Waals surface area contributed by atoms with Crippen molar-refractivity contribution < 1.29 is 4.52 Å². The van der Waals surface area contributed by atoms with Crippen molar-refractivity contribution in [1.82, 2.24) is 5.16 Å². The van der Waals surface area contributed by atoms with Crippen molar-refractivity contribution >= 4 is 11.6 Å². The third-order valence-corrected chi connectivity index (χ3v) is 4.00. The first-order valence-electron chi connectivity index (χ1n) is 6.66. The van der Waals surface area contributed by atoms with Crippen LogP contribution in [-0.2, 0) is 12.8 Å². The van der Waals surface area contributed by atoms with E-state index in [-0.39, 0.29) is 0 Å². The van der Waals surface area contributed by atoms with Crippen molar-refractivity contribution in [3.63, 3.8) is 0 Å². The Kier molecular flexibility index (Phi) is 2.64. The summed E-state index contributed by atoms with van der Waals surface area (Å²) in [5.74, 6) is 0.814. The monoisotopic (exact) mass is 281 g/mol. The molecule has 3 aromatic rings. The molecule has 3 heteroatoms. The quantitative estimate of drug-likeness (QED) is 0.643. The first kappa shape index (κ1) is 11.7. The van der Waals surface area contributed by atoms with Crippen LogP contribution in [0.2, 0.25) is 5.02 Å². The van der Waals surface area contributed by atoms with Gasteiger partial charge in [-0.1, -0.05) is 53.2 Å². The molecule has 0 unspecified atom stereocenters. The van der Waals surface area contributed by atoms with Gasteiger partial charge in [0, 0.05) is 10.6 Å². The molecule has 0 N–H and O–H groups in total. The average Bonchev–Trinajstić information content (AvgIpc) is 2.91. The summed E-state index contributed by atoms with van der Waals surface area (Å²) in [6, 6.07) is 16.2. The van der Waals surface area contributed by atoms with Crippen LogP contribution in [0, 0.1) is 0 Å². The maximum absolute atomic E-state index is 6.08. The molecule has 1 aliphatic rings. The van der Waals surface area contributed by atoms with Crippen LogP contribution in [0.25, 0.3) is 22.5 Å². The van der Waals surface area contributed by atoms with Gasteiger partial charge in [-0.25, -0.2) is 0 Å². The summed E-state index contributed by atoms with van der Waals surface area (Å²) in [6.07, 6.45) is 1.95. The normalized spacial score (nSPS) is 12.8. The second kappa shape index (κ2) is 4.50. The number of hydrogen-bond donors (Lipinski definition) is 0. The summed E-state index contributed by atoms with van der Waals surface area (Å²) in [5.41, 5.74) is 5.71. The van der Waals surface area contributed by atoms with Crippen LogP contribution in [0.1, 0.15) is 11.3 Å². The van der Waals surface area contributed by atoms with Gasteiger partial charge >= 0.3 is 0 Å². The summed E-state index contributed by atoms with van der Waals surface area (Å²) in [5, 5.41) is 4.95. The van der Waals surface area contributed by atoms with Gasteiger partial charge in [0.05, 0.1) is 11.3 Å². The Morgan fingerprint density at radius 1 is 1.00 bits per heavy atom. The number of nitrogens with zero attached hydrogens (tertiary/aromatic N) is 1. The van der Waals surface area contributed by atoms with Crippen molar-refractivity contribution in [2.75, 3.05) is 0 Å². The highest BCUT2D eigenvalue weighted by Crippen LogP contribution is 2.40. The minimum Gasteiger partial charge on any atom is -0.355 e. The molecule has 2 aromatic carbocycles. The van der Waals surface area contributed by atoms with E-state index in [1.54, 1.807) is 0 Å². The first-order valence-corrected chi connectivity index (χ1v) is 7.03. The molecule has 20 heavy (non-hydrogen) atoms. The minimum absolute atomic E-state index is 0.705. The Morgan fingerprint density at radius 3 is 2.80 bits per heavy atom. The van der Waals surface area contributed by atoms with Gasteiger partial charge in [-0.05, 0) is 36.1 Å². The second-order valence-corrected chi connectivity index (χ2v) is 5.44. The van der Waals surface area contributed by atoms with Gasteiger partial charge in [0.15, 0.2) is 5.76 Å². The maximum Gasteiger partial charge on any atom is 0.175 e. The third-order valence-electron chi connectivity index (χ3n) is 3.77. The molecule has 98 valence electrons. The van der Waals surface area contributed by atoms with E-state index in [9.17, 15) is 0 Å². The van der Waals surface area contributed by atoms with Crippen LogP contribution >= 0.6 is 11.6 Å². The lowest BCUT2D eigenvalue weighted by atomic mass is 9.87. The molecular formula is C17H12ClNO. The average molecular weight is 282 g/mol. The molecule has 0 aliphatic heterocycles. The molecule has 0 saturated carbocycles. The van der Waals surface area contributed by atoms with E-state index in [0.29, 0.717) is 5.02 Å². The number of rotatable bonds is 1. The number of hydrogen-bond acceptors (Lipinski definition) is 2. The zero-order chi connectivity index (χ0) is 13.5. The summed E-state index contributed by atoms with van der Waals surface area (Å²) in [4.78, 5) is 0. The standard InChI is InChI=1S/C17H12ClNO/c18-13-6-3-5-12(10-13)17-16-14-7-2-1-4-11(14)8-9-15(16)19-20-17/h1-7,10H,8-9H2. The zero-order valence-corrected chi connectivity index (χ0v) is 11.5. The van der Waals surface area contributed by atoms with Gasteiger partial charge in [0.1, 0.15) is 0 Å². The van der Waals surface area contributed by atoms with Crippen LogP contribution in [0.4, 0.5) is 0 Å². The van der Waals surface area contributed by atoms with E-state index >= 15 is 0 Å². The molecule has 0 amide bonds. The fraction of sp³-hybridized carbons (Fsp3) is 0.118. The zero-order valence-electron chi connectivity index (χ0n) is 10.8. The van der Waals surface area contributed by atoms with Gasteiger partial charge in [-0.2, -0.15) is 0 Å². The molecule has 1 heterocycles. The Morgan fingerprint density at radius 2 is 1.90 bits per heavy atom. The Labute approximate surface area is 122 Å². The molecular weight excluding hydrogens is 270 g/mol. The summed E-state index contributed by atoms with van der Waals surface area (Å²) in [6.45, 7) is 0. The van der Waals surface area contributed by atoms with E-state index in [0.717, 1.165) is 35.4 Å². The van der Waals surface area contributed by atoms with E-state index in [2.05, 4.69) is 29.4 Å². The van der Waals surface area contributed by atoms with Crippen LogP contribution in [0.15, 0.2) is 53.1 Å². The lowest BCUT2D eigenvalue weighted by Crippen LogP contribution is -2.02. The van der Waals surface area contributed by atoms with E-state index in [4.69, 9.17) is 16.1 Å². The van der Waals surface area contributed by atoms with Crippen molar-refractivity contribution in [2.24, 2.45) is 0 Å². The van der Waals surface area contributed by atoms with Crippen LogP contribution in [0.3, 0.4) is 0 Å². The topological polar surface area (TPSA) is 26.0 Å². The number of aryl methyl sites for hydroxylation is 2. The smallest absolute Gasteiger partial charge is 0.175 e. The van der Waals surface area contributed by atoms with Crippen molar-refractivity contribution in [2.45, 2.75) is 12.8 Å².